The minimum atomic E-state index is -1.26. The van der Waals surface area contributed by atoms with E-state index in [1.807, 2.05) is 17.5 Å². The van der Waals surface area contributed by atoms with Crippen molar-refractivity contribution in [2.24, 2.45) is 0 Å². The number of β-lactam (4-membered cyclic amide) rings is 1. The first-order valence-corrected chi connectivity index (χ1v) is 13.5. The second-order valence-corrected chi connectivity index (χ2v) is 12.1. The molecule has 0 saturated carbocycles. The molecule has 0 bridgehead atoms. The minimum absolute atomic E-state index is 0.151. The number of carbonyl (C=O) groups is 3. The number of halogens is 1. The zero-order chi connectivity index (χ0) is 24.0. The Hall–Kier alpha value is -2.67. The van der Waals surface area contributed by atoms with Gasteiger partial charge in [0.1, 0.15) is 22.9 Å². The van der Waals surface area contributed by atoms with Crippen LogP contribution in [0.15, 0.2) is 61.4 Å². The molecule has 0 aliphatic carbocycles. The fourth-order valence-electron chi connectivity index (χ4n) is 3.74. The summed E-state index contributed by atoms with van der Waals surface area (Å²) in [5.41, 5.74) is -0.440. The monoisotopic (exact) mass is 534 g/mol. The highest BCUT2D eigenvalue weighted by atomic mass is 32.2. The van der Waals surface area contributed by atoms with Crippen LogP contribution in [-0.2, 0) is 20.8 Å². The number of carboxylic acid groups (broad SMARTS) is 1. The summed E-state index contributed by atoms with van der Waals surface area (Å²) in [6, 6.07) is 8.18. The van der Waals surface area contributed by atoms with Crippen molar-refractivity contribution in [3.05, 3.63) is 73.3 Å². The Morgan fingerprint density at radius 1 is 1.24 bits per heavy atom. The Labute approximate surface area is 208 Å². The molecule has 2 aromatic heterocycles. The second-order valence-electron chi connectivity index (χ2n) is 7.46. The number of rotatable bonds is 6. The predicted molar refractivity (Wildman–Crippen MR) is 132 cm³/mol. The van der Waals surface area contributed by atoms with Crippen molar-refractivity contribution >= 4 is 74.1 Å². The van der Waals surface area contributed by atoms with E-state index >= 15 is 0 Å². The van der Waals surface area contributed by atoms with Crippen molar-refractivity contribution < 1.29 is 23.9 Å². The number of thioether (sulfide) groups is 2. The van der Waals surface area contributed by atoms with Gasteiger partial charge >= 0.3 is 5.97 Å². The zero-order valence-electron chi connectivity index (χ0n) is 17.1. The summed E-state index contributed by atoms with van der Waals surface area (Å²) in [6.07, 6.45) is 0.156. The molecule has 2 atom stereocenters. The number of amides is 2. The summed E-state index contributed by atoms with van der Waals surface area (Å²) in [4.78, 5) is 52.2. The number of carbonyl (C=O) groups excluding carboxylic acids is 2. The van der Waals surface area contributed by atoms with E-state index in [1.54, 1.807) is 0 Å². The van der Waals surface area contributed by atoms with Crippen LogP contribution in [0, 0.1) is 5.82 Å². The van der Waals surface area contributed by atoms with Crippen LogP contribution in [0.25, 0.3) is 10.1 Å². The van der Waals surface area contributed by atoms with Gasteiger partial charge in [-0.2, -0.15) is 0 Å². The molecule has 2 N–H and O–H groups in total. The molecule has 1 unspecified atom stereocenters. The average Bonchev–Trinajstić information content (AvgIpc) is 3.29. The quantitative estimate of drug-likeness (QED) is 0.467. The molecule has 34 heavy (non-hydrogen) atoms. The summed E-state index contributed by atoms with van der Waals surface area (Å²) in [5.74, 6) is -2.22. The summed E-state index contributed by atoms with van der Waals surface area (Å²) in [6.45, 7) is 0. The highest BCUT2D eigenvalue weighted by Gasteiger charge is 2.54. The lowest BCUT2D eigenvalue weighted by Crippen LogP contribution is -2.70. The molecular formula is C22H15FN2O5S4. The first-order chi connectivity index (χ1) is 16.3. The van der Waals surface area contributed by atoms with Gasteiger partial charge in [0.2, 0.25) is 5.91 Å². The highest BCUT2D eigenvalue weighted by molar-refractivity contribution is 8.07. The van der Waals surface area contributed by atoms with E-state index in [4.69, 9.17) is 0 Å². The molecule has 5 rings (SSSR count). The smallest absolute Gasteiger partial charge is 0.353 e. The van der Waals surface area contributed by atoms with Crippen molar-refractivity contribution in [2.75, 3.05) is 5.75 Å². The van der Waals surface area contributed by atoms with Crippen LogP contribution < -0.4 is 10.7 Å². The lowest BCUT2D eigenvalue weighted by atomic mass is 10.0. The number of benzene rings is 1. The van der Waals surface area contributed by atoms with E-state index in [1.165, 1.54) is 63.6 Å². The summed E-state index contributed by atoms with van der Waals surface area (Å²) in [7, 11) is 0. The van der Waals surface area contributed by atoms with Crippen molar-refractivity contribution in [1.29, 1.82) is 0 Å². The van der Waals surface area contributed by atoms with Crippen molar-refractivity contribution in [3.8, 4) is 0 Å². The van der Waals surface area contributed by atoms with Crippen LogP contribution in [0.5, 0.6) is 0 Å². The first-order valence-electron chi connectivity index (χ1n) is 9.96. The Morgan fingerprint density at radius 3 is 2.79 bits per heavy atom. The molecule has 12 heteroatoms. The maximum atomic E-state index is 13.6. The van der Waals surface area contributed by atoms with Gasteiger partial charge in [-0.25, -0.2) is 9.18 Å². The average molecular weight is 535 g/mol. The number of thiophene rings is 1. The van der Waals surface area contributed by atoms with Crippen LogP contribution in [0.1, 0.15) is 4.88 Å². The van der Waals surface area contributed by atoms with E-state index in [9.17, 15) is 28.7 Å². The van der Waals surface area contributed by atoms with Gasteiger partial charge in [-0.3, -0.25) is 19.3 Å². The maximum absolute atomic E-state index is 13.6. The molecule has 4 heterocycles. The zero-order valence-corrected chi connectivity index (χ0v) is 20.4. The van der Waals surface area contributed by atoms with Gasteiger partial charge in [0, 0.05) is 31.7 Å². The number of carboxylic acids is 1. The largest absolute Gasteiger partial charge is 0.477 e. The molecule has 2 aliphatic rings. The molecule has 1 saturated heterocycles. The summed E-state index contributed by atoms with van der Waals surface area (Å²) < 4.78 is 14.6. The van der Waals surface area contributed by atoms with Gasteiger partial charge < -0.3 is 10.4 Å². The van der Waals surface area contributed by atoms with Gasteiger partial charge in [-0.1, -0.05) is 17.8 Å². The van der Waals surface area contributed by atoms with Crippen LogP contribution in [0.2, 0.25) is 0 Å². The van der Waals surface area contributed by atoms with E-state index in [-0.39, 0.29) is 23.5 Å². The fourth-order valence-corrected chi connectivity index (χ4v) is 8.34. The molecule has 0 spiro atoms. The van der Waals surface area contributed by atoms with Crippen LogP contribution in [-0.4, -0.2) is 45.0 Å². The van der Waals surface area contributed by atoms with Gasteiger partial charge in [-0.05, 0) is 29.6 Å². The number of hydrogen-bond acceptors (Lipinski definition) is 8. The third-order valence-corrected chi connectivity index (χ3v) is 9.88. The number of fused-ring (bicyclic) bond motifs is 2. The van der Waals surface area contributed by atoms with Crippen LogP contribution >= 0.6 is 46.2 Å². The van der Waals surface area contributed by atoms with Gasteiger partial charge in [-0.15, -0.1) is 34.4 Å². The van der Waals surface area contributed by atoms with Gasteiger partial charge in [0.05, 0.1) is 10.6 Å². The predicted octanol–water partition coefficient (Wildman–Crippen LogP) is 3.49. The van der Waals surface area contributed by atoms with Crippen molar-refractivity contribution in [3.63, 3.8) is 0 Å². The number of nitrogens with zero attached hydrogens (tertiary/aromatic N) is 1. The Balaban J connectivity index is 1.38. The number of aliphatic carboxylic acids is 1. The standard InChI is InChI=1S/C22H15FN2O5S4/c23-10-3-4-12-13(26)8-17(33-14(12)6-10)34-15-9-32-21-18(20(28)25(21)19(15)22(29)30)24-16(27)7-11-2-1-5-31-11/h1-6,8,18,21H,7,9H2,(H,24,27)(H,29,30)/t18?,21-/m0/s1. The van der Waals surface area contributed by atoms with E-state index in [0.29, 0.717) is 25.0 Å². The van der Waals surface area contributed by atoms with E-state index < -0.39 is 29.1 Å². The van der Waals surface area contributed by atoms with Crippen LogP contribution in [0.3, 0.4) is 0 Å². The fraction of sp³-hybridized carbons (Fsp3) is 0.182. The molecule has 0 radical (unpaired) electrons. The highest BCUT2D eigenvalue weighted by Crippen LogP contribution is 2.46. The maximum Gasteiger partial charge on any atom is 0.353 e. The van der Waals surface area contributed by atoms with Crippen molar-refractivity contribution in [2.45, 2.75) is 22.0 Å². The van der Waals surface area contributed by atoms with Gasteiger partial charge in [0.15, 0.2) is 5.43 Å². The minimum Gasteiger partial charge on any atom is -0.477 e. The number of nitrogens with one attached hydrogen (secondary N) is 1. The normalized spacial score (nSPS) is 19.7. The molecule has 1 aromatic carbocycles. The number of hydrogen-bond donors (Lipinski definition) is 2. The molecule has 2 aliphatic heterocycles. The molecule has 7 nitrogen and oxygen atoms in total. The van der Waals surface area contributed by atoms with Crippen LogP contribution in [0.4, 0.5) is 4.39 Å². The van der Waals surface area contributed by atoms with Gasteiger partial charge in [0.25, 0.3) is 5.91 Å². The molecule has 3 aromatic rings. The molecule has 1 fully saturated rings. The third kappa shape index (κ3) is 4.26. The molecule has 2 amide bonds. The summed E-state index contributed by atoms with van der Waals surface area (Å²) >= 11 is 5.07. The topological polar surface area (TPSA) is 104 Å². The third-order valence-electron chi connectivity index (χ3n) is 5.26. The Kier molecular flexibility index (Phi) is 6.23. The first kappa shape index (κ1) is 23.1. The Morgan fingerprint density at radius 2 is 2.06 bits per heavy atom. The molecular weight excluding hydrogens is 520 g/mol. The lowest BCUT2D eigenvalue weighted by molar-refractivity contribution is -0.150. The summed E-state index contributed by atoms with van der Waals surface area (Å²) in [5, 5.41) is 14.3. The molecule has 174 valence electrons. The van der Waals surface area contributed by atoms with E-state index in [0.717, 1.165) is 16.6 Å². The Bertz CT molecular complexity index is 1420. The lowest BCUT2D eigenvalue weighted by Gasteiger charge is -2.49. The van der Waals surface area contributed by atoms with E-state index in [2.05, 4.69) is 5.32 Å². The second kappa shape index (κ2) is 9.17. The van der Waals surface area contributed by atoms with Crippen molar-refractivity contribution in [1.82, 2.24) is 10.2 Å². The SMILES string of the molecule is O=C(Cc1cccs1)NC1C(=O)N2C(C(=O)O)=C(Sc3cc(=O)c4ccc(F)cc4s3)CS[C@@H]12.